The second-order valence-corrected chi connectivity index (χ2v) is 5.34. The summed E-state index contributed by atoms with van der Waals surface area (Å²) in [5.41, 5.74) is 0.724. The Morgan fingerprint density at radius 1 is 1.05 bits per heavy atom. The normalized spacial score (nSPS) is 13.1. The van der Waals surface area contributed by atoms with E-state index in [0.29, 0.717) is 5.02 Å². The molecule has 0 saturated carbocycles. The molecule has 116 valence electrons. The van der Waals surface area contributed by atoms with E-state index in [1.54, 1.807) is 19.2 Å². The van der Waals surface area contributed by atoms with Gasteiger partial charge in [0.25, 0.3) is 0 Å². The van der Waals surface area contributed by atoms with Crippen LogP contribution in [0.2, 0.25) is 5.02 Å². The standard InChI is InChI=1S/C17H18ClNO3/c1-17(22-16(20)19-2,12-4-8-14(18)9-5-12)13-6-10-15(21-3)11-7-13/h4-11H,1-3H3,(H,19,20). The molecule has 0 aliphatic carbocycles. The molecule has 0 fully saturated rings. The molecule has 22 heavy (non-hydrogen) atoms. The van der Waals surface area contributed by atoms with Gasteiger partial charge in [0.05, 0.1) is 7.11 Å². The van der Waals surface area contributed by atoms with Gasteiger partial charge in [-0.25, -0.2) is 4.79 Å². The van der Waals surface area contributed by atoms with Gasteiger partial charge in [-0.2, -0.15) is 0 Å². The van der Waals surface area contributed by atoms with Gasteiger partial charge < -0.3 is 14.8 Å². The van der Waals surface area contributed by atoms with Crippen molar-refractivity contribution < 1.29 is 14.3 Å². The highest BCUT2D eigenvalue weighted by Crippen LogP contribution is 2.35. The average Bonchev–Trinajstić information content (AvgIpc) is 2.55. The molecular formula is C17H18ClNO3. The van der Waals surface area contributed by atoms with Crippen molar-refractivity contribution in [2.24, 2.45) is 0 Å². The van der Waals surface area contributed by atoms with E-state index in [1.165, 1.54) is 7.05 Å². The number of benzene rings is 2. The van der Waals surface area contributed by atoms with Gasteiger partial charge >= 0.3 is 6.09 Å². The number of halogens is 1. The summed E-state index contributed by atoms with van der Waals surface area (Å²) in [6.45, 7) is 1.84. The van der Waals surface area contributed by atoms with Crippen molar-refractivity contribution in [1.82, 2.24) is 5.32 Å². The number of methoxy groups -OCH3 is 1. The Morgan fingerprint density at radius 2 is 1.55 bits per heavy atom. The Labute approximate surface area is 135 Å². The van der Waals surface area contributed by atoms with E-state index in [1.807, 2.05) is 43.3 Å². The van der Waals surface area contributed by atoms with E-state index in [-0.39, 0.29) is 0 Å². The van der Waals surface area contributed by atoms with Crippen LogP contribution in [0.15, 0.2) is 48.5 Å². The lowest BCUT2D eigenvalue weighted by atomic mass is 9.88. The minimum atomic E-state index is -0.934. The Morgan fingerprint density at radius 3 is 2.00 bits per heavy atom. The molecule has 2 rings (SSSR count). The molecule has 1 N–H and O–H groups in total. The van der Waals surface area contributed by atoms with Gasteiger partial charge in [0.15, 0.2) is 5.60 Å². The Hall–Kier alpha value is -2.20. The van der Waals surface area contributed by atoms with Crippen molar-refractivity contribution in [1.29, 1.82) is 0 Å². The number of hydrogen-bond acceptors (Lipinski definition) is 3. The molecule has 0 bridgehead atoms. The van der Waals surface area contributed by atoms with Crippen LogP contribution in [0.1, 0.15) is 18.1 Å². The largest absolute Gasteiger partial charge is 0.497 e. The van der Waals surface area contributed by atoms with Gasteiger partial charge in [0, 0.05) is 17.6 Å². The van der Waals surface area contributed by atoms with Crippen molar-refractivity contribution >= 4 is 17.7 Å². The van der Waals surface area contributed by atoms with Gasteiger partial charge in [-0.1, -0.05) is 35.9 Å². The van der Waals surface area contributed by atoms with Gasteiger partial charge in [0.2, 0.25) is 0 Å². The maximum atomic E-state index is 11.8. The Balaban J connectivity index is 2.48. The molecule has 1 atom stereocenters. The first-order valence-corrected chi connectivity index (χ1v) is 7.18. The SMILES string of the molecule is CNC(=O)OC(C)(c1ccc(Cl)cc1)c1ccc(OC)cc1. The molecule has 0 saturated heterocycles. The minimum Gasteiger partial charge on any atom is -0.497 e. The van der Waals surface area contributed by atoms with Gasteiger partial charge in [-0.3, -0.25) is 0 Å². The van der Waals surface area contributed by atoms with Gasteiger partial charge in [0.1, 0.15) is 5.75 Å². The summed E-state index contributed by atoms with van der Waals surface area (Å²) in [6, 6.07) is 14.6. The Kier molecular flexibility index (Phi) is 4.93. The molecule has 2 aromatic rings. The molecule has 0 aliphatic rings. The second kappa shape index (κ2) is 6.71. The van der Waals surface area contributed by atoms with Crippen LogP contribution in [0.4, 0.5) is 4.79 Å². The molecule has 1 unspecified atom stereocenters. The van der Waals surface area contributed by atoms with Crippen LogP contribution in [0.5, 0.6) is 5.75 Å². The summed E-state index contributed by atoms with van der Waals surface area (Å²) in [5, 5.41) is 3.11. The maximum Gasteiger partial charge on any atom is 0.408 e. The zero-order valence-electron chi connectivity index (χ0n) is 12.7. The number of ether oxygens (including phenoxy) is 2. The first kappa shape index (κ1) is 16.2. The lowest BCUT2D eigenvalue weighted by molar-refractivity contribution is 0.0536. The fourth-order valence-electron chi connectivity index (χ4n) is 2.20. The topological polar surface area (TPSA) is 47.6 Å². The zero-order valence-corrected chi connectivity index (χ0v) is 13.5. The van der Waals surface area contributed by atoms with Crippen molar-refractivity contribution in [2.75, 3.05) is 14.2 Å². The molecule has 0 radical (unpaired) electrons. The number of alkyl carbamates (subject to hydrolysis) is 1. The third kappa shape index (κ3) is 3.34. The first-order valence-electron chi connectivity index (χ1n) is 6.81. The highest BCUT2D eigenvalue weighted by molar-refractivity contribution is 6.30. The van der Waals surface area contributed by atoms with Crippen LogP contribution in [0.25, 0.3) is 0 Å². The molecule has 4 nitrogen and oxygen atoms in total. The summed E-state index contributed by atoms with van der Waals surface area (Å²) in [7, 11) is 3.13. The summed E-state index contributed by atoms with van der Waals surface area (Å²) in [6.07, 6.45) is -0.506. The van der Waals surface area contributed by atoms with E-state index < -0.39 is 11.7 Å². The van der Waals surface area contributed by atoms with Crippen molar-refractivity contribution in [3.63, 3.8) is 0 Å². The number of carbonyl (C=O) groups excluding carboxylic acids is 1. The highest BCUT2D eigenvalue weighted by atomic mass is 35.5. The third-order valence-corrected chi connectivity index (χ3v) is 3.79. The van der Waals surface area contributed by atoms with Crippen molar-refractivity contribution in [2.45, 2.75) is 12.5 Å². The van der Waals surface area contributed by atoms with Crippen LogP contribution in [-0.2, 0) is 10.3 Å². The van der Waals surface area contributed by atoms with Crippen LogP contribution < -0.4 is 10.1 Å². The summed E-state index contributed by atoms with van der Waals surface area (Å²) in [5.74, 6) is 0.738. The van der Waals surface area contributed by atoms with Crippen LogP contribution in [-0.4, -0.2) is 20.3 Å². The van der Waals surface area contributed by atoms with Crippen LogP contribution in [0, 0.1) is 0 Å². The molecule has 0 spiro atoms. The molecule has 0 aromatic heterocycles. The lowest BCUT2D eigenvalue weighted by Crippen LogP contribution is -2.34. The predicted octanol–water partition coefficient (Wildman–Crippen LogP) is 3.97. The minimum absolute atomic E-state index is 0.506. The second-order valence-electron chi connectivity index (χ2n) is 4.91. The zero-order chi connectivity index (χ0) is 16.2. The van der Waals surface area contributed by atoms with E-state index in [9.17, 15) is 4.79 Å². The highest BCUT2D eigenvalue weighted by Gasteiger charge is 2.33. The summed E-state index contributed by atoms with van der Waals surface area (Å²) >= 11 is 5.94. The van der Waals surface area contributed by atoms with E-state index >= 15 is 0 Å². The van der Waals surface area contributed by atoms with E-state index in [2.05, 4.69) is 5.32 Å². The summed E-state index contributed by atoms with van der Waals surface area (Å²) in [4.78, 5) is 11.8. The Bertz CT molecular complexity index is 640. The third-order valence-electron chi connectivity index (χ3n) is 3.54. The fraction of sp³-hybridized carbons (Fsp3) is 0.235. The van der Waals surface area contributed by atoms with Crippen molar-refractivity contribution in [3.05, 3.63) is 64.7 Å². The number of nitrogens with one attached hydrogen (secondary N) is 1. The predicted molar refractivity (Wildman–Crippen MR) is 86.4 cm³/mol. The van der Waals surface area contributed by atoms with Crippen molar-refractivity contribution in [3.8, 4) is 5.75 Å². The van der Waals surface area contributed by atoms with Crippen LogP contribution in [0.3, 0.4) is 0 Å². The van der Waals surface area contributed by atoms with Gasteiger partial charge in [-0.15, -0.1) is 0 Å². The van der Waals surface area contributed by atoms with Gasteiger partial charge in [-0.05, 0) is 36.8 Å². The molecule has 0 aliphatic heterocycles. The van der Waals surface area contributed by atoms with E-state index in [0.717, 1.165) is 16.9 Å². The molecule has 0 heterocycles. The number of rotatable bonds is 4. The first-order chi connectivity index (χ1) is 10.5. The lowest BCUT2D eigenvalue weighted by Gasteiger charge is -2.30. The van der Waals surface area contributed by atoms with Crippen LogP contribution >= 0.6 is 11.6 Å². The van der Waals surface area contributed by atoms with E-state index in [4.69, 9.17) is 21.1 Å². The average molecular weight is 320 g/mol. The summed E-state index contributed by atoms with van der Waals surface area (Å²) < 4.78 is 10.8. The molecule has 1 amide bonds. The number of carbonyl (C=O) groups is 1. The monoisotopic (exact) mass is 319 g/mol. The smallest absolute Gasteiger partial charge is 0.408 e. The quantitative estimate of drug-likeness (QED) is 0.927. The molecular weight excluding hydrogens is 302 g/mol. The maximum absolute atomic E-state index is 11.8. The number of amides is 1. The molecule has 2 aromatic carbocycles. The molecule has 5 heteroatoms. The number of hydrogen-bond donors (Lipinski definition) is 1. The fourth-order valence-corrected chi connectivity index (χ4v) is 2.32.